The molecule has 202 valence electrons. The van der Waals surface area contributed by atoms with Crippen LogP contribution in [-0.2, 0) is 23.9 Å². The van der Waals surface area contributed by atoms with E-state index < -0.39 is 41.3 Å². The number of hydrogen-bond donors (Lipinski definition) is 2. The number of benzene rings is 1. The van der Waals surface area contributed by atoms with Crippen molar-refractivity contribution in [3.63, 3.8) is 0 Å². The molecule has 1 unspecified atom stereocenters. The highest BCUT2D eigenvalue weighted by molar-refractivity contribution is 6.09. The predicted molar refractivity (Wildman–Crippen MR) is 140 cm³/mol. The van der Waals surface area contributed by atoms with E-state index in [1.165, 1.54) is 4.90 Å². The van der Waals surface area contributed by atoms with Crippen molar-refractivity contribution in [2.45, 2.75) is 97.1 Å². The third kappa shape index (κ3) is 7.41. The summed E-state index contributed by atoms with van der Waals surface area (Å²) in [6.07, 6.45) is 2.63. The highest BCUT2D eigenvalue weighted by atomic mass is 16.6. The number of Topliss-reactive ketones (excluding diaryl/α,β-unsaturated/α-hetero) is 1. The molecule has 1 aliphatic rings. The fraction of sp³-hybridized carbons (Fsp3) is 0.571. The van der Waals surface area contributed by atoms with Crippen molar-refractivity contribution >= 4 is 34.5 Å². The second-order valence-corrected chi connectivity index (χ2v) is 11.6. The van der Waals surface area contributed by atoms with Crippen molar-refractivity contribution in [1.82, 2.24) is 15.2 Å². The Kier molecular flexibility index (Phi) is 8.47. The molecule has 37 heavy (non-hydrogen) atoms. The van der Waals surface area contributed by atoms with Gasteiger partial charge in [0.05, 0.1) is 6.04 Å². The molecule has 0 aliphatic carbocycles. The molecule has 1 aromatic heterocycles. The molecule has 2 heterocycles. The third-order valence-electron chi connectivity index (χ3n) is 6.01. The number of H-pyrrole nitrogens is 1. The summed E-state index contributed by atoms with van der Waals surface area (Å²) < 4.78 is 11.1. The zero-order valence-electron chi connectivity index (χ0n) is 22.8. The van der Waals surface area contributed by atoms with Crippen LogP contribution in [0.1, 0.15) is 78.1 Å². The number of aromatic amines is 1. The molecule has 1 aliphatic heterocycles. The SMILES string of the molecule is C[C@H](NC(CC(=O)c1c[nH]c2ccccc12)C(=O)OC(C)(C)C)C(=O)N1CCC[C@H]1C(=O)OC(C)(C)C. The molecule has 1 fully saturated rings. The van der Waals surface area contributed by atoms with Gasteiger partial charge >= 0.3 is 11.9 Å². The van der Waals surface area contributed by atoms with E-state index >= 15 is 0 Å². The number of esters is 2. The van der Waals surface area contributed by atoms with Crippen LogP contribution in [0.4, 0.5) is 0 Å². The molecule has 0 spiro atoms. The maximum absolute atomic E-state index is 13.4. The highest BCUT2D eigenvalue weighted by Crippen LogP contribution is 2.23. The van der Waals surface area contributed by atoms with Gasteiger partial charge in [-0.2, -0.15) is 0 Å². The number of fused-ring (bicyclic) bond motifs is 1. The molecule has 0 saturated carbocycles. The van der Waals surface area contributed by atoms with E-state index in [9.17, 15) is 19.2 Å². The molecule has 2 N–H and O–H groups in total. The molecule has 2 aromatic rings. The van der Waals surface area contributed by atoms with Gasteiger partial charge in [0, 0.05) is 35.6 Å². The number of para-hydroxylation sites is 1. The summed E-state index contributed by atoms with van der Waals surface area (Å²) in [5.41, 5.74) is -0.152. The summed E-state index contributed by atoms with van der Waals surface area (Å²) in [6, 6.07) is 4.85. The lowest BCUT2D eigenvalue weighted by Gasteiger charge is -2.31. The van der Waals surface area contributed by atoms with Gasteiger partial charge in [0.1, 0.15) is 23.3 Å². The first-order chi connectivity index (χ1) is 17.2. The van der Waals surface area contributed by atoms with Gasteiger partial charge in [-0.3, -0.25) is 19.7 Å². The molecular formula is C28H39N3O6. The Morgan fingerprint density at radius 2 is 1.70 bits per heavy atom. The minimum absolute atomic E-state index is 0.191. The average Bonchev–Trinajstić information content (AvgIpc) is 3.43. The molecule has 1 amide bonds. The lowest BCUT2D eigenvalue weighted by molar-refractivity contribution is -0.164. The first kappa shape index (κ1) is 28.4. The highest BCUT2D eigenvalue weighted by Gasteiger charge is 2.39. The number of ether oxygens (including phenoxy) is 2. The van der Waals surface area contributed by atoms with E-state index in [4.69, 9.17) is 9.47 Å². The zero-order chi connectivity index (χ0) is 27.5. The van der Waals surface area contributed by atoms with E-state index in [0.717, 1.165) is 10.9 Å². The van der Waals surface area contributed by atoms with Crippen molar-refractivity contribution in [2.75, 3.05) is 6.54 Å². The van der Waals surface area contributed by atoms with Crippen LogP contribution in [-0.4, -0.2) is 69.4 Å². The molecule has 3 atom stereocenters. The lowest BCUT2D eigenvalue weighted by atomic mass is 10.0. The summed E-state index contributed by atoms with van der Waals surface area (Å²) >= 11 is 0. The molecule has 0 radical (unpaired) electrons. The predicted octanol–water partition coefficient (Wildman–Crippen LogP) is 3.76. The average molecular weight is 514 g/mol. The summed E-state index contributed by atoms with van der Waals surface area (Å²) in [6.45, 7) is 12.6. The van der Waals surface area contributed by atoms with E-state index in [2.05, 4.69) is 10.3 Å². The van der Waals surface area contributed by atoms with Crippen LogP contribution < -0.4 is 5.32 Å². The number of ketones is 1. The minimum Gasteiger partial charge on any atom is -0.459 e. The van der Waals surface area contributed by atoms with Gasteiger partial charge in [0.2, 0.25) is 5.91 Å². The Labute approximate surface area is 218 Å². The van der Waals surface area contributed by atoms with Gasteiger partial charge in [0.15, 0.2) is 5.78 Å². The third-order valence-corrected chi connectivity index (χ3v) is 6.01. The first-order valence-corrected chi connectivity index (χ1v) is 12.8. The van der Waals surface area contributed by atoms with Crippen LogP contribution in [0.2, 0.25) is 0 Å². The summed E-state index contributed by atoms with van der Waals surface area (Å²) in [5, 5.41) is 3.78. The molecule has 9 heteroatoms. The van der Waals surface area contributed by atoms with Gasteiger partial charge in [-0.05, 0) is 67.4 Å². The normalized spacial score (nSPS) is 17.9. The molecule has 3 rings (SSSR count). The summed E-state index contributed by atoms with van der Waals surface area (Å²) in [4.78, 5) is 57.0. The van der Waals surface area contributed by atoms with Crippen molar-refractivity contribution in [1.29, 1.82) is 0 Å². The Morgan fingerprint density at radius 3 is 2.35 bits per heavy atom. The topological polar surface area (TPSA) is 118 Å². The standard InChI is InChI=1S/C28H39N3O6/c1-17(24(33)31-14-10-13-22(31)26(35)37-28(5,6)7)30-21(25(34)36-27(2,3)4)15-23(32)19-16-29-20-12-9-8-11-18(19)20/h8-9,11-12,16-17,21-22,29-30H,10,13-15H2,1-7H3/t17-,21?,22-/m0/s1. The van der Waals surface area contributed by atoms with Crippen LogP contribution in [0.15, 0.2) is 30.5 Å². The summed E-state index contributed by atoms with van der Waals surface area (Å²) in [7, 11) is 0. The number of nitrogens with one attached hydrogen (secondary N) is 2. The molecule has 1 saturated heterocycles. The zero-order valence-corrected chi connectivity index (χ0v) is 22.8. The number of aromatic nitrogens is 1. The number of hydrogen-bond acceptors (Lipinski definition) is 7. The van der Waals surface area contributed by atoms with Crippen LogP contribution in [0, 0.1) is 0 Å². The maximum atomic E-state index is 13.4. The van der Waals surface area contributed by atoms with Crippen LogP contribution in [0.5, 0.6) is 0 Å². The van der Waals surface area contributed by atoms with E-state index in [1.54, 1.807) is 54.7 Å². The molecule has 0 bridgehead atoms. The second-order valence-electron chi connectivity index (χ2n) is 11.6. The van der Waals surface area contributed by atoms with E-state index in [1.807, 2.05) is 24.3 Å². The van der Waals surface area contributed by atoms with Crippen LogP contribution in [0.3, 0.4) is 0 Å². The van der Waals surface area contributed by atoms with Gasteiger partial charge in [-0.15, -0.1) is 0 Å². The van der Waals surface area contributed by atoms with Gasteiger partial charge in [-0.25, -0.2) is 4.79 Å². The lowest BCUT2D eigenvalue weighted by Crippen LogP contribution is -2.54. The van der Waals surface area contributed by atoms with Gasteiger partial charge < -0.3 is 19.4 Å². The van der Waals surface area contributed by atoms with Crippen LogP contribution >= 0.6 is 0 Å². The van der Waals surface area contributed by atoms with Crippen molar-refractivity contribution in [3.8, 4) is 0 Å². The molecular weight excluding hydrogens is 474 g/mol. The summed E-state index contributed by atoms with van der Waals surface area (Å²) in [5.74, 6) is -1.65. The first-order valence-electron chi connectivity index (χ1n) is 12.8. The largest absolute Gasteiger partial charge is 0.459 e. The quantitative estimate of drug-likeness (QED) is 0.408. The smallest absolute Gasteiger partial charge is 0.329 e. The fourth-order valence-corrected chi connectivity index (χ4v) is 4.45. The van der Waals surface area contributed by atoms with Gasteiger partial charge in [-0.1, -0.05) is 18.2 Å². The van der Waals surface area contributed by atoms with E-state index in [-0.39, 0.29) is 18.1 Å². The number of nitrogens with zero attached hydrogens (tertiary/aromatic N) is 1. The number of carbonyl (C=O) groups is 4. The number of rotatable bonds is 8. The van der Waals surface area contributed by atoms with Crippen molar-refractivity contribution in [2.24, 2.45) is 0 Å². The Hall–Kier alpha value is -3.20. The second kappa shape index (κ2) is 11.0. The van der Waals surface area contributed by atoms with Crippen molar-refractivity contribution < 1.29 is 28.7 Å². The fourth-order valence-electron chi connectivity index (χ4n) is 4.45. The molecule has 1 aromatic carbocycles. The van der Waals surface area contributed by atoms with E-state index in [0.29, 0.717) is 24.9 Å². The van der Waals surface area contributed by atoms with Gasteiger partial charge in [0.25, 0.3) is 0 Å². The Bertz CT molecular complexity index is 1160. The number of amides is 1. The number of carbonyl (C=O) groups excluding carboxylic acids is 4. The van der Waals surface area contributed by atoms with Crippen LogP contribution in [0.25, 0.3) is 10.9 Å². The monoisotopic (exact) mass is 513 g/mol. The number of likely N-dealkylation sites (tertiary alicyclic amines) is 1. The minimum atomic E-state index is -1.05. The van der Waals surface area contributed by atoms with Crippen molar-refractivity contribution in [3.05, 3.63) is 36.0 Å². The maximum Gasteiger partial charge on any atom is 0.329 e. The molecule has 9 nitrogen and oxygen atoms in total. The Morgan fingerprint density at radius 1 is 1.05 bits per heavy atom. The Balaban J connectivity index is 1.77.